The molecule has 2 fully saturated rings. The Bertz CT molecular complexity index is 686. The number of hydrogen-bond donors (Lipinski definition) is 1. The molecule has 3 rings (SSSR count). The molecule has 1 aromatic carbocycles. The number of halogens is 2. The minimum atomic E-state index is -0.619. The molecule has 27 heavy (non-hydrogen) atoms. The maximum absolute atomic E-state index is 12.9. The Morgan fingerprint density at radius 1 is 1.37 bits per heavy atom. The van der Waals surface area contributed by atoms with E-state index in [-0.39, 0.29) is 30.3 Å². The summed E-state index contributed by atoms with van der Waals surface area (Å²) in [5, 5.41) is 3.59. The van der Waals surface area contributed by atoms with Crippen LogP contribution in [0.1, 0.15) is 25.3 Å². The minimum absolute atomic E-state index is 0. The number of nitrogens with one attached hydrogen (secondary N) is 1. The number of piperidine rings is 1. The van der Waals surface area contributed by atoms with E-state index >= 15 is 0 Å². The van der Waals surface area contributed by atoms with Gasteiger partial charge in [0, 0.05) is 32.2 Å². The fraction of sp³-hybridized carbons (Fsp3) is 0.579. The van der Waals surface area contributed by atoms with Crippen LogP contribution in [0.2, 0.25) is 5.02 Å². The van der Waals surface area contributed by atoms with Crippen molar-refractivity contribution in [2.24, 2.45) is 0 Å². The Kier molecular flexibility index (Phi) is 7.77. The highest BCUT2D eigenvalue weighted by molar-refractivity contribution is 6.32. The second-order valence-corrected chi connectivity index (χ2v) is 7.45. The lowest BCUT2D eigenvalue weighted by Gasteiger charge is -2.41. The summed E-state index contributed by atoms with van der Waals surface area (Å²) in [4.78, 5) is 28.7. The molecule has 0 spiro atoms. The molecule has 2 saturated heterocycles. The summed E-state index contributed by atoms with van der Waals surface area (Å²) >= 11 is 6.17. The monoisotopic (exact) mass is 415 g/mol. The molecule has 2 amide bonds. The predicted molar refractivity (Wildman–Crippen MR) is 108 cm³/mol. The number of ether oxygens (including phenoxy) is 1. The van der Waals surface area contributed by atoms with E-state index in [1.807, 2.05) is 28.9 Å². The van der Waals surface area contributed by atoms with Crippen molar-refractivity contribution in [2.45, 2.75) is 38.8 Å². The first-order chi connectivity index (χ1) is 12.5. The fourth-order valence-electron chi connectivity index (χ4n) is 3.62. The van der Waals surface area contributed by atoms with Gasteiger partial charge in [-0.25, -0.2) is 0 Å². The van der Waals surface area contributed by atoms with Gasteiger partial charge in [-0.15, -0.1) is 12.4 Å². The summed E-state index contributed by atoms with van der Waals surface area (Å²) in [7, 11) is 0. The van der Waals surface area contributed by atoms with Crippen LogP contribution in [0.15, 0.2) is 18.2 Å². The average Bonchev–Trinajstić information content (AvgIpc) is 2.64. The molecule has 2 aliphatic rings. The summed E-state index contributed by atoms with van der Waals surface area (Å²) < 4.78 is 5.83. The highest BCUT2D eigenvalue weighted by Crippen LogP contribution is 2.27. The zero-order chi connectivity index (χ0) is 18.7. The van der Waals surface area contributed by atoms with Crippen LogP contribution in [-0.2, 0) is 9.59 Å². The Hall–Kier alpha value is -1.50. The van der Waals surface area contributed by atoms with Gasteiger partial charge in [0.25, 0.3) is 5.91 Å². The van der Waals surface area contributed by atoms with Gasteiger partial charge >= 0.3 is 0 Å². The summed E-state index contributed by atoms with van der Waals surface area (Å²) in [6, 6.07) is 5.61. The Labute approximate surface area is 171 Å². The highest BCUT2D eigenvalue weighted by Gasteiger charge is 2.33. The average molecular weight is 416 g/mol. The molecule has 6 nitrogen and oxygen atoms in total. The number of carbonyl (C=O) groups excluding carboxylic acids is 2. The zero-order valence-electron chi connectivity index (χ0n) is 15.7. The molecule has 0 bridgehead atoms. The van der Waals surface area contributed by atoms with Crippen LogP contribution in [0.3, 0.4) is 0 Å². The van der Waals surface area contributed by atoms with Crippen molar-refractivity contribution >= 4 is 35.8 Å². The first kappa shape index (κ1) is 21.8. The Balaban J connectivity index is 0.00000261. The molecule has 1 N–H and O–H groups in total. The number of hydrogen-bond acceptors (Lipinski definition) is 4. The van der Waals surface area contributed by atoms with Crippen molar-refractivity contribution in [3.05, 3.63) is 28.8 Å². The second kappa shape index (κ2) is 9.62. The van der Waals surface area contributed by atoms with E-state index in [4.69, 9.17) is 16.3 Å². The van der Waals surface area contributed by atoms with Crippen molar-refractivity contribution in [2.75, 3.05) is 32.7 Å². The molecule has 2 aliphatic heterocycles. The van der Waals surface area contributed by atoms with Gasteiger partial charge in [-0.05, 0) is 44.4 Å². The van der Waals surface area contributed by atoms with Crippen LogP contribution < -0.4 is 10.1 Å². The molecule has 2 unspecified atom stereocenters. The van der Waals surface area contributed by atoms with E-state index in [0.717, 1.165) is 24.9 Å². The Morgan fingerprint density at radius 3 is 2.89 bits per heavy atom. The summed E-state index contributed by atoms with van der Waals surface area (Å²) in [5.74, 6) is 0.583. The largest absolute Gasteiger partial charge is 0.479 e. The molecule has 0 aliphatic carbocycles. The van der Waals surface area contributed by atoms with Crippen molar-refractivity contribution < 1.29 is 14.3 Å². The first-order valence-electron chi connectivity index (χ1n) is 9.17. The predicted octanol–water partition coefficient (Wildman–Crippen LogP) is 2.26. The SMILES string of the molecule is Cc1ccc(Cl)c(OC(C)C(=O)N2CCCC(N3CCNCC3=O)C2)c1.Cl. The number of carbonyl (C=O) groups is 2. The number of nitrogens with zero attached hydrogens (tertiary/aromatic N) is 2. The summed E-state index contributed by atoms with van der Waals surface area (Å²) in [6.45, 7) is 6.87. The van der Waals surface area contributed by atoms with E-state index in [1.165, 1.54) is 0 Å². The zero-order valence-corrected chi connectivity index (χ0v) is 17.3. The molecule has 150 valence electrons. The van der Waals surface area contributed by atoms with E-state index in [1.54, 1.807) is 13.0 Å². The van der Waals surface area contributed by atoms with Crippen molar-refractivity contribution in [1.29, 1.82) is 0 Å². The van der Waals surface area contributed by atoms with Gasteiger partial charge in [-0.1, -0.05) is 17.7 Å². The molecule has 0 aromatic heterocycles. The van der Waals surface area contributed by atoms with Gasteiger partial charge in [-0.3, -0.25) is 9.59 Å². The summed E-state index contributed by atoms with van der Waals surface area (Å²) in [5.41, 5.74) is 1.03. The third kappa shape index (κ3) is 5.27. The van der Waals surface area contributed by atoms with Crippen LogP contribution in [0.4, 0.5) is 0 Å². The number of piperazine rings is 1. The molecule has 2 atom stereocenters. The van der Waals surface area contributed by atoms with Crippen molar-refractivity contribution in [3.63, 3.8) is 0 Å². The number of amides is 2. The number of rotatable bonds is 4. The lowest BCUT2D eigenvalue weighted by molar-refractivity contribution is -0.144. The van der Waals surface area contributed by atoms with Gasteiger partial charge in [0.1, 0.15) is 5.75 Å². The first-order valence-corrected chi connectivity index (χ1v) is 9.55. The van der Waals surface area contributed by atoms with Gasteiger partial charge < -0.3 is 19.9 Å². The van der Waals surface area contributed by atoms with Crippen LogP contribution in [0, 0.1) is 6.92 Å². The third-order valence-electron chi connectivity index (χ3n) is 5.01. The normalized spacial score (nSPS) is 21.4. The van der Waals surface area contributed by atoms with Crippen LogP contribution in [0.25, 0.3) is 0 Å². The maximum atomic E-state index is 12.9. The van der Waals surface area contributed by atoms with Gasteiger partial charge in [-0.2, -0.15) is 0 Å². The molecule has 0 radical (unpaired) electrons. The van der Waals surface area contributed by atoms with Crippen LogP contribution in [-0.4, -0.2) is 66.5 Å². The van der Waals surface area contributed by atoms with E-state index in [0.29, 0.717) is 37.0 Å². The fourth-order valence-corrected chi connectivity index (χ4v) is 3.78. The number of benzene rings is 1. The molecule has 0 saturated carbocycles. The van der Waals surface area contributed by atoms with Crippen LogP contribution in [0.5, 0.6) is 5.75 Å². The molecular formula is C19H27Cl2N3O3. The van der Waals surface area contributed by atoms with E-state index in [9.17, 15) is 9.59 Å². The van der Waals surface area contributed by atoms with Gasteiger partial charge in [0.15, 0.2) is 6.10 Å². The van der Waals surface area contributed by atoms with Gasteiger partial charge in [0.2, 0.25) is 5.91 Å². The molecular weight excluding hydrogens is 389 g/mol. The lowest BCUT2D eigenvalue weighted by atomic mass is 10.0. The van der Waals surface area contributed by atoms with Crippen molar-refractivity contribution in [3.8, 4) is 5.75 Å². The molecule has 1 aromatic rings. The van der Waals surface area contributed by atoms with Crippen LogP contribution >= 0.6 is 24.0 Å². The smallest absolute Gasteiger partial charge is 0.263 e. The molecule has 2 heterocycles. The topological polar surface area (TPSA) is 61.9 Å². The van der Waals surface area contributed by atoms with Gasteiger partial charge in [0.05, 0.1) is 11.6 Å². The highest BCUT2D eigenvalue weighted by atomic mass is 35.5. The molecule has 8 heteroatoms. The van der Waals surface area contributed by atoms with Crippen molar-refractivity contribution in [1.82, 2.24) is 15.1 Å². The quantitative estimate of drug-likeness (QED) is 0.818. The van der Waals surface area contributed by atoms with E-state index in [2.05, 4.69) is 5.32 Å². The lowest BCUT2D eigenvalue weighted by Crippen LogP contribution is -2.58. The number of likely N-dealkylation sites (tertiary alicyclic amines) is 1. The van der Waals surface area contributed by atoms with E-state index < -0.39 is 6.10 Å². The standard InChI is InChI=1S/C19H26ClN3O3.ClH/c1-13-5-6-16(20)17(10-13)26-14(2)19(25)22-8-3-4-15(12-22)23-9-7-21-11-18(23)24;/h5-6,10,14-15,21H,3-4,7-9,11-12H2,1-2H3;1H. The number of aryl methyl sites for hydroxylation is 1. The third-order valence-corrected chi connectivity index (χ3v) is 5.33. The Morgan fingerprint density at radius 2 is 2.15 bits per heavy atom. The maximum Gasteiger partial charge on any atom is 0.263 e. The minimum Gasteiger partial charge on any atom is -0.479 e. The summed E-state index contributed by atoms with van der Waals surface area (Å²) in [6.07, 6.45) is 1.21. The second-order valence-electron chi connectivity index (χ2n) is 7.04.